The van der Waals surface area contributed by atoms with Gasteiger partial charge in [-0.15, -0.1) is 0 Å². The van der Waals surface area contributed by atoms with Crippen LogP contribution in [0.3, 0.4) is 0 Å². The van der Waals surface area contributed by atoms with Gasteiger partial charge in [0.05, 0.1) is 23.2 Å². The number of fused-ring (bicyclic) bond motifs is 2. The molecule has 0 N–H and O–H groups in total. The van der Waals surface area contributed by atoms with Crippen molar-refractivity contribution in [1.82, 2.24) is 8.87 Å². The number of carbonyl (C=O) groups excluding carboxylic acids is 2. The Balaban J connectivity index is 1.66. The minimum Gasteiger partial charge on any atom is -0.494 e. The van der Waals surface area contributed by atoms with Crippen LogP contribution in [0.1, 0.15) is 10.4 Å². The Morgan fingerprint density at radius 2 is 1.67 bits per heavy atom. The summed E-state index contributed by atoms with van der Waals surface area (Å²) in [4.78, 5) is 27.7. The van der Waals surface area contributed by atoms with Gasteiger partial charge in [0.2, 0.25) is 0 Å². The topological polar surface area (TPSA) is 88.9 Å². The number of hydrogen-bond acceptors (Lipinski definition) is 6. The Hall–Kier alpha value is -2.50. The fourth-order valence-electron chi connectivity index (χ4n) is 4.89. The second-order valence-electron chi connectivity index (χ2n) is 8.91. The fourth-order valence-corrected chi connectivity index (χ4v) is 7.21. The third-order valence-corrected chi connectivity index (χ3v) is 9.41. The maximum atomic E-state index is 14.2. The summed E-state index contributed by atoms with van der Waals surface area (Å²) in [7, 11) is -2.66. The van der Waals surface area contributed by atoms with E-state index in [0.717, 1.165) is 8.45 Å². The van der Waals surface area contributed by atoms with Gasteiger partial charge < -0.3 is 14.5 Å². The van der Waals surface area contributed by atoms with E-state index in [2.05, 4.69) is 15.9 Å². The molecule has 0 aliphatic carbocycles. The van der Waals surface area contributed by atoms with Crippen LogP contribution in [-0.4, -0.2) is 66.6 Å². The first kappa shape index (κ1) is 28.0. The highest BCUT2D eigenvalue weighted by Gasteiger charge is 2.37. The number of piperazine rings is 1. The number of hydrogen-bond donors (Lipinski definition) is 0. The number of alkyl halides is 3. The lowest BCUT2D eigenvalue weighted by Crippen LogP contribution is -2.51. The van der Waals surface area contributed by atoms with Crippen molar-refractivity contribution in [3.63, 3.8) is 0 Å². The van der Waals surface area contributed by atoms with Gasteiger partial charge in [-0.1, -0.05) is 75.0 Å². The third-order valence-electron chi connectivity index (χ3n) is 6.72. The molecule has 0 spiro atoms. The van der Waals surface area contributed by atoms with Crippen LogP contribution in [-0.2, 0) is 14.8 Å². The molecule has 5 rings (SSSR count). The third kappa shape index (κ3) is 4.97. The lowest BCUT2D eigenvalue weighted by molar-refractivity contribution is -0.130. The van der Waals surface area contributed by atoms with Crippen LogP contribution in [0.4, 0.5) is 5.69 Å². The largest absolute Gasteiger partial charge is 0.494 e. The van der Waals surface area contributed by atoms with E-state index in [0.29, 0.717) is 52.5 Å². The Bertz CT molecular complexity index is 1730. The van der Waals surface area contributed by atoms with Crippen molar-refractivity contribution in [2.24, 2.45) is 0 Å². The molecule has 1 aliphatic heterocycles. The number of halogens is 4. The molecule has 204 valence electrons. The van der Waals surface area contributed by atoms with E-state index in [1.165, 1.54) is 18.2 Å². The van der Waals surface area contributed by atoms with Crippen LogP contribution in [0.5, 0.6) is 5.75 Å². The molecule has 1 aromatic heterocycles. The van der Waals surface area contributed by atoms with Gasteiger partial charge in [-0.3, -0.25) is 9.59 Å². The summed E-state index contributed by atoms with van der Waals surface area (Å²) < 4.78 is 34.1. The molecule has 2 heterocycles. The number of carbonyl (C=O) groups is 2. The van der Waals surface area contributed by atoms with Gasteiger partial charge in [-0.25, -0.2) is 12.4 Å². The lowest BCUT2D eigenvalue weighted by Gasteiger charge is -2.38. The van der Waals surface area contributed by atoms with Gasteiger partial charge in [0.1, 0.15) is 5.75 Å². The quantitative estimate of drug-likeness (QED) is 0.202. The van der Waals surface area contributed by atoms with Gasteiger partial charge in [0.15, 0.2) is 6.29 Å². The number of aromatic nitrogens is 1. The van der Waals surface area contributed by atoms with Gasteiger partial charge >= 0.3 is 0 Å². The Kier molecular flexibility index (Phi) is 7.54. The number of amides is 1. The predicted molar refractivity (Wildman–Crippen MR) is 157 cm³/mol. The second-order valence-corrected chi connectivity index (χ2v) is 13.9. The Morgan fingerprint density at radius 1 is 1.00 bits per heavy atom. The van der Waals surface area contributed by atoms with Gasteiger partial charge in [0, 0.05) is 58.6 Å². The molecule has 0 bridgehead atoms. The number of aldehydes is 1. The molecular weight excluding hydrogens is 653 g/mol. The van der Waals surface area contributed by atoms with E-state index < -0.39 is 19.7 Å². The summed E-state index contributed by atoms with van der Waals surface area (Å²) in [6.07, 6.45) is 1.97. The molecular formula is C26H21BrCl3N3O5S. The van der Waals surface area contributed by atoms with Gasteiger partial charge in [-0.05, 0) is 24.3 Å². The Morgan fingerprint density at radius 3 is 2.28 bits per heavy atom. The first-order chi connectivity index (χ1) is 18.5. The number of methoxy groups -OCH3 is 1. The highest BCUT2D eigenvalue weighted by Crippen LogP contribution is 2.42. The van der Waals surface area contributed by atoms with Crippen LogP contribution >= 0.6 is 50.7 Å². The van der Waals surface area contributed by atoms with Crippen molar-refractivity contribution >= 4 is 100 Å². The highest BCUT2D eigenvalue weighted by atomic mass is 79.9. The predicted octanol–water partition coefficient (Wildman–Crippen LogP) is 5.63. The molecule has 1 aliphatic rings. The molecule has 3 aromatic carbocycles. The van der Waals surface area contributed by atoms with Crippen molar-refractivity contribution in [3.05, 3.63) is 64.8 Å². The maximum Gasteiger partial charge on any atom is 0.274 e. The average molecular weight is 674 g/mol. The molecule has 0 radical (unpaired) electrons. The molecule has 0 unspecified atom stereocenters. The van der Waals surface area contributed by atoms with E-state index in [9.17, 15) is 18.0 Å². The van der Waals surface area contributed by atoms with Gasteiger partial charge in [0.25, 0.3) is 19.7 Å². The zero-order chi connectivity index (χ0) is 28.1. The van der Waals surface area contributed by atoms with E-state index in [4.69, 9.17) is 39.5 Å². The van der Waals surface area contributed by atoms with Crippen molar-refractivity contribution in [1.29, 1.82) is 0 Å². The molecule has 0 saturated carbocycles. The van der Waals surface area contributed by atoms with E-state index >= 15 is 0 Å². The zero-order valence-electron chi connectivity index (χ0n) is 20.4. The average Bonchev–Trinajstić information content (AvgIpc) is 3.29. The van der Waals surface area contributed by atoms with Crippen LogP contribution in [0.25, 0.3) is 21.7 Å². The number of ether oxygens (including phenoxy) is 1. The minimum atomic E-state index is -4.18. The molecule has 39 heavy (non-hydrogen) atoms. The first-order valence-electron chi connectivity index (χ1n) is 11.7. The van der Waals surface area contributed by atoms with Crippen molar-refractivity contribution in [3.8, 4) is 5.75 Å². The van der Waals surface area contributed by atoms with Crippen molar-refractivity contribution < 1.29 is 22.7 Å². The molecule has 0 atom stereocenters. The molecule has 4 aromatic rings. The van der Waals surface area contributed by atoms with E-state index in [-0.39, 0.29) is 23.5 Å². The maximum absolute atomic E-state index is 14.2. The van der Waals surface area contributed by atoms with Gasteiger partial charge in [-0.2, -0.15) is 0 Å². The molecule has 1 fully saturated rings. The van der Waals surface area contributed by atoms with Crippen LogP contribution < -0.4 is 9.64 Å². The Labute approximate surface area is 248 Å². The lowest BCUT2D eigenvalue weighted by atomic mass is 10.1. The highest BCUT2D eigenvalue weighted by molar-refractivity contribution is 9.10. The number of anilines is 1. The minimum absolute atomic E-state index is 0.0472. The number of benzene rings is 3. The molecule has 1 amide bonds. The number of rotatable bonds is 5. The second kappa shape index (κ2) is 10.5. The van der Waals surface area contributed by atoms with Crippen molar-refractivity contribution in [2.45, 2.75) is 8.69 Å². The van der Waals surface area contributed by atoms with Crippen LogP contribution in [0.15, 0.2) is 64.1 Å². The van der Waals surface area contributed by atoms with E-state index in [1.54, 1.807) is 48.5 Å². The molecule has 13 heteroatoms. The first-order valence-corrected chi connectivity index (χ1v) is 15.1. The van der Waals surface area contributed by atoms with Crippen molar-refractivity contribution in [2.75, 3.05) is 38.2 Å². The number of nitrogens with zero attached hydrogens (tertiary/aromatic N) is 3. The zero-order valence-corrected chi connectivity index (χ0v) is 25.1. The van der Waals surface area contributed by atoms with Crippen LogP contribution in [0.2, 0.25) is 0 Å². The van der Waals surface area contributed by atoms with E-state index in [1.807, 2.05) is 4.90 Å². The standard InChI is InChI=1S/C26H21BrCl3N3O5S/c1-38-24-19-5-3-2-4-18(19)23(13-22(24)31-8-10-32(11-9-31)25(35)26(28,29)30)39(36,37)33-14-16(15-34)20-12-17(27)6-7-21(20)33/h2-7,12-15H,8-11H2,1H3. The molecule has 8 nitrogen and oxygen atoms in total. The van der Waals surface area contributed by atoms with Crippen LogP contribution in [0, 0.1) is 0 Å². The normalized spacial score (nSPS) is 14.7. The molecule has 1 saturated heterocycles. The summed E-state index contributed by atoms with van der Waals surface area (Å²) in [5, 5.41) is 1.58. The summed E-state index contributed by atoms with van der Waals surface area (Å²) in [6, 6.07) is 13.7. The monoisotopic (exact) mass is 671 g/mol. The summed E-state index contributed by atoms with van der Waals surface area (Å²) in [5.74, 6) is -0.112. The smallest absolute Gasteiger partial charge is 0.274 e. The fraction of sp³-hybridized carbons (Fsp3) is 0.231. The SMILES string of the molecule is COc1c(N2CCN(C(=O)C(Cl)(Cl)Cl)CC2)cc(S(=O)(=O)n2cc(C=O)c3cc(Br)ccc32)c2ccccc12. The summed E-state index contributed by atoms with van der Waals surface area (Å²) >= 11 is 20.7. The summed E-state index contributed by atoms with van der Waals surface area (Å²) in [5.41, 5.74) is 1.17. The summed E-state index contributed by atoms with van der Waals surface area (Å²) in [6.45, 7) is 1.25.